The Labute approximate surface area is 122 Å². The summed E-state index contributed by atoms with van der Waals surface area (Å²) >= 11 is 2.02. The van der Waals surface area contributed by atoms with Gasteiger partial charge in [0.1, 0.15) is 0 Å². The van der Waals surface area contributed by atoms with Crippen LogP contribution < -0.4 is 5.32 Å². The molecule has 0 bridgehead atoms. The van der Waals surface area contributed by atoms with E-state index >= 15 is 0 Å². The molecule has 2 rings (SSSR count). The summed E-state index contributed by atoms with van der Waals surface area (Å²) < 4.78 is 0. The van der Waals surface area contributed by atoms with Gasteiger partial charge < -0.3 is 5.32 Å². The summed E-state index contributed by atoms with van der Waals surface area (Å²) in [6.45, 7) is 7.94. The average molecular weight is 280 g/mol. The summed E-state index contributed by atoms with van der Waals surface area (Å²) in [7, 11) is 2.31. The molecule has 2 unspecified atom stereocenters. The summed E-state index contributed by atoms with van der Waals surface area (Å²) in [5, 5.41) is 3.56. The van der Waals surface area contributed by atoms with Crippen molar-refractivity contribution in [2.24, 2.45) is 5.92 Å². The molecule has 2 atom stereocenters. The zero-order valence-electron chi connectivity index (χ0n) is 12.6. The third-order valence-electron chi connectivity index (χ3n) is 4.24. The molecule has 1 N–H and O–H groups in total. The number of thiophene rings is 1. The zero-order valence-corrected chi connectivity index (χ0v) is 13.4. The van der Waals surface area contributed by atoms with Crippen molar-refractivity contribution in [3.8, 4) is 0 Å². The van der Waals surface area contributed by atoms with Gasteiger partial charge in [0.05, 0.1) is 0 Å². The van der Waals surface area contributed by atoms with Crippen LogP contribution in [0.3, 0.4) is 0 Å². The Balaban J connectivity index is 2.17. The van der Waals surface area contributed by atoms with Gasteiger partial charge in [0.15, 0.2) is 0 Å². The second-order valence-electron chi connectivity index (χ2n) is 5.65. The third-order valence-corrected chi connectivity index (χ3v) is 5.54. The molecule has 1 fully saturated rings. The van der Waals surface area contributed by atoms with Crippen molar-refractivity contribution >= 4 is 11.3 Å². The first-order valence-corrected chi connectivity index (χ1v) is 8.57. The maximum Gasteiger partial charge on any atom is 0.0478 e. The molecule has 0 saturated carbocycles. The van der Waals surface area contributed by atoms with Crippen molar-refractivity contribution in [2.75, 3.05) is 26.7 Å². The molecule has 0 aliphatic carbocycles. The first kappa shape index (κ1) is 15.0. The van der Waals surface area contributed by atoms with E-state index in [1.165, 1.54) is 37.1 Å². The third kappa shape index (κ3) is 3.80. The highest BCUT2D eigenvalue weighted by Crippen LogP contribution is 2.37. The van der Waals surface area contributed by atoms with Gasteiger partial charge in [-0.05, 0) is 64.0 Å². The van der Waals surface area contributed by atoms with E-state index in [4.69, 9.17) is 0 Å². The molecule has 0 radical (unpaired) electrons. The number of nitrogens with zero attached hydrogens (tertiary/aromatic N) is 1. The summed E-state index contributed by atoms with van der Waals surface area (Å²) in [6.07, 6.45) is 5.25. The van der Waals surface area contributed by atoms with Gasteiger partial charge in [0.2, 0.25) is 0 Å². The lowest BCUT2D eigenvalue weighted by Crippen LogP contribution is -2.34. The Morgan fingerprint density at radius 3 is 2.84 bits per heavy atom. The van der Waals surface area contributed by atoms with Gasteiger partial charge in [0, 0.05) is 15.8 Å². The zero-order chi connectivity index (χ0) is 13.7. The number of likely N-dealkylation sites (tertiary alicyclic amines) is 1. The van der Waals surface area contributed by atoms with E-state index in [2.05, 4.69) is 43.2 Å². The van der Waals surface area contributed by atoms with Crippen molar-refractivity contribution in [1.82, 2.24) is 10.2 Å². The van der Waals surface area contributed by atoms with Crippen LogP contribution in [-0.2, 0) is 6.42 Å². The van der Waals surface area contributed by atoms with Gasteiger partial charge >= 0.3 is 0 Å². The maximum atomic E-state index is 3.56. The molecule has 2 nitrogen and oxygen atoms in total. The van der Waals surface area contributed by atoms with Gasteiger partial charge in [-0.25, -0.2) is 0 Å². The highest BCUT2D eigenvalue weighted by atomic mass is 32.1. The van der Waals surface area contributed by atoms with Crippen LogP contribution in [0.4, 0.5) is 0 Å². The molecule has 1 saturated heterocycles. The van der Waals surface area contributed by atoms with Crippen LogP contribution in [0.5, 0.6) is 0 Å². The molecule has 2 heterocycles. The number of rotatable bonds is 5. The van der Waals surface area contributed by atoms with Crippen LogP contribution in [0.15, 0.2) is 12.1 Å². The first-order valence-electron chi connectivity index (χ1n) is 7.75. The van der Waals surface area contributed by atoms with E-state index in [0.29, 0.717) is 6.04 Å². The van der Waals surface area contributed by atoms with E-state index in [-0.39, 0.29) is 0 Å². The normalized spacial score (nSPS) is 25.4. The quantitative estimate of drug-likeness (QED) is 0.885. The number of nitrogens with one attached hydrogen (secondary N) is 1. The Kier molecular flexibility index (Phi) is 5.86. The molecular weight excluding hydrogens is 252 g/mol. The van der Waals surface area contributed by atoms with Gasteiger partial charge in [-0.2, -0.15) is 0 Å². The molecule has 0 amide bonds. The average Bonchev–Trinajstić information content (AvgIpc) is 2.81. The number of hydrogen-bond acceptors (Lipinski definition) is 3. The molecule has 1 aliphatic heterocycles. The van der Waals surface area contributed by atoms with Crippen LogP contribution >= 0.6 is 11.3 Å². The topological polar surface area (TPSA) is 15.3 Å². The smallest absolute Gasteiger partial charge is 0.0478 e. The highest BCUT2D eigenvalue weighted by molar-refractivity contribution is 7.12. The lowest BCUT2D eigenvalue weighted by atomic mass is 9.93. The Morgan fingerprint density at radius 1 is 1.32 bits per heavy atom. The minimum absolute atomic E-state index is 0.617. The van der Waals surface area contributed by atoms with Crippen molar-refractivity contribution in [3.05, 3.63) is 21.9 Å². The predicted octanol–water partition coefficient (Wildman–Crippen LogP) is 3.69. The van der Waals surface area contributed by atoms with E-state index in [1.54, 1.807) is 4.88 Å². The fraction of sp³-hybridized carbons (Fsp3) is 0.750. The lowest BCUT2D eigenvalue weighted by molar-refractivity contribution is 0.193. The molecule has 0 spiro atoms. The molecule has 0 aromatic carbocycles. The summed E-state index contributed by atoms with van der Waals surface area (Å²) in [6, 6.07) is 5.31. The lowest BCUT2D eigenvalue weighted by Gasteiger charge is -2.32. The summed E-state index contributed by atoms with van der Waals surface area (Å²) in [4.78, 5) is 5.68. The summed E-state index contributed by atoms with van der Waals surface area (Å²) in [5.41, 5.74) is 0. The van der Waals surface area contributed by atoms with Crippen LogP contribution in [0, 0.1) is 5.92 Å². The van der Waals surface area contributed by atoms with Gasteiger partial charge in [-0.15, -0.1) is 11.3 Å². The van der Waals surface area contributed by atoms with Crippen LogP contribution in [0.2, 0.25) is 0 Å². The fourth-order valence-corrected chi connectivity index (χ4v) is 4.37. The molecular formula is C16H28N2S. The SMILES string of the molecule is CCNCC1CCCCN(C)C1c1ccc(CC)s1. The Bertz CT molecular complexity index is 375. The van der Waals surface area contributed by atoms with Gasteiger partial charge in [-0.3, -0.25) is 4.90 Å². The van der Waals surface area contributed by atoms with Crippen LogP contribution in [-0.4, -0.2) is 31.6 Å². The standard InChI is InChI=1S/C16H28N2S/c1-4-14-9-10-15(19-14)16-13(12-17-5-2)8-6-7-11-18(16)3/h9-10,13,16-17H,4-8,11-12H2,1-3H3. The van der Waals surface area contributed by atoms with Gasteiger partial charge in [-0.1, -0.05) is 20.3 Å². The van der Waals surface area contributed by atoms with Gasteiger partial charge in [0.25, 0.3) is 0 Å². The number of hydrogen-bond donors (Lipinski definition) is 1. The maximum absolute atomic E-state index is 3.56. The predicted molar refractivity (Wildman–Crippen MR) is 85.0 cm³/mol. The molecule has 1 aliphatic rings. The molecule has 108 valence electrons. The van der Waals surface area contributed by atoms with Crippen LogP contribution in [0.25, 0.3) is 0 Å². The van der Waals surface area contributed by atoms with Crippen molar-refractivity contribution in [2.45, 2.75) is 45.6 Å². The number of aryl methyl sites for hydroxylation is 1. The minimum atomic E-state index is 0.617. The second-order valence-corrected chi connectivity index (χ2v) is 6.85. The van der Waals surface area contributed by atoms with Crippen LogP contribution in [0.1, 0.15) is 48.9 Å². The van der Waals surface area contributed by atoms with Crippen molar-refractivity contribution < 1.29 is 0 Å². The Hall–Kier alpha value is -0.380. The molecule has 1 aromatic heterocycles. The van der Waals surface area contributed by atoms with E-state index in [9.17, 15) is 0 Å². The Morgan fingerprint density at radius 2 is 2.16 bits per heavy atom. The molecule has 19 heavy (non-hydrogen) atoms. The first-order chi connectivity index (χ1) is 9.26. The monoisotopic (exact) mass is 280 g/mol. The molecule has 1 aromatic rings. The van der Waals surface area contributed by atoms with Crippen molar-refractivity contribution in [1.29, 1.82) is 0 Å². The van der Waals surface area contributed by atoms with E-state index in [0.717, 1.165) is 19.0 Å². The fourth-order valence-electron chi connectivity index (χ4n) is 3.16. The highest BCUT2D eigenvalue weighted by Gasteiger charge is 2.29. The van der Waals surface area contributed by atoms with Crippen molar-refractivity contribution in [3.63, 3.8) is 0 Å². The summed E-state index contributed by atoms with van der Waals surface area (Å²) in [5.74, 6) is 0.760. The largest absolute Gasteiger partial charge is 0.317 e. The molecule has 3 heteroatoms. The second kappa shape index (κ2) is 7.41. The van der Waals surface area contributed by atoms with E-state index in [1.807, 2.05) is 11.3 Å². The minimum Gasteiger partial charge on any atom is -0.317 e. The van der Waals surface area contributed by atoms with E-state index < -0.39 is 0 Å².